The van der Waals surface area contributed by atoms with Crippen LogP contribution in [0.5, 0.6) is 0 Å². The molecule has 0 spiro atoms. The quantitative estimate of drug-likeness (QED) is 0.589. The molecule has 0 aliphatic heterocycles. The van der Waals surface area contributed by atoms with Gasteiger partial charge >= 0.3 is 5.97 Å². The summed E-state index contributed by atoms with van der Waals surface area (Å²) in [6.45, 7) is 0.153. The van der Waals surface area contributed by atoms with Crippen molar-refractivity contribution in [3.05, 3.63) is 39.7 Å². The highest BCUT2D eigenvalue weighted by Crippen LogP contribution is 2.23. The molecule has 1 unspecified atom stereocenters. The second kappa shape index (κ2) is 6.06. The zero-order valence-corrected chi connectivity index (χ0v) is 9.51. The van der Waals surface area contributed by atoms with Crippen LogP contribution in [0.3, 0.4) is 0 Å². The van der Waals surface area contributed by atoms with Crippen molar-refractivity contribution >= 4 is 11.7 Å². The van der Waals surface area contributed by atoms with E-state index in [1.165, 1.54) is 0 Å². The number of carbonyl (C=O) groups is 1. The summed E-state index contributed by atoms with van der Waals surface area (Å²) in [6.07, 6.45) is 0.0730. The third-order valence-corrected chi connectivity index (χ3v) is 2.57. The summed E-state index contributed by atoms with van der Waals surface area (Å²) in [4.78, 5) is 21.0. The van der Waals surface area contributed by atoms with Gasteiger partial charge in [-0.1, -0.05) is 0 Å². The van der Waals surface area contributed by atoms with Gasteiger partial charge in [0.15, 0.2) is 0 Å². The maximum absolute atomic E-state index is 13.1. The fourth-order valence-electron chi connectivity index (χ4n) is 1.68. The Morgan fingerprint density at radius 3 is 2.72 bits per heavy atom. The van der Waals surface area contributed by atoms with Crippen molar-refractivity contribution in [2.45, 2.75) is 12.8 Å². The molecule has 1 aromatic carbocycles. The minimum absolute atomic E-state index is 0.0702. The third kappa shape index (κ3) is 3.49. The predicted octanol–water partition coefficient (Wildman–Crippen LogP) is 1.33. The lowest BCUT2D eigenvalue weighted by Gasteiger charge is -2.11. The first-order valence-electron chi connectivity index (χ1n) is 5.31. The largest absolute Gasteiger partial charge is 0.481 e. The van der Waals surface area contributed by atoms with Gasteiger partial charge in [0.05, 0.1) is 10.8 Å². The van der Waals surface area contributed by atoms with E-state index in [9.17, 15) is 19.3 Å². The summed E-state index contributed by atoms with van der Waals surface area (Å²) in [5.41, 5.74) is 5.07. The van der Waals surface area contributed by atoms with Gasteiger partial charge in [-0.25, -0.2) is 4.39 Å². The van der Waals surface area contributed by atoms with Gasteiger partial charge in [0.1, 0.15) is 5.82 Å². The van der Waals surface area contributed by atoms with Crippen LogP contribution in [0.1, 0.15) is 12.0 Å². The molecule has 1 aromatic rings. The first kappa shape index (κ1) is 14.0. The van der Waals surface area contributed by atoms with E-state index < -0.39 is 22.6 Å². The number of carboxylic acids is 1. The van der Waals surface area contributed by atoms with Crippen molar-refractivity contribution in [1.29, 1.82) is 0 Å². The van der Waals surface area contributed by atoms with Crippen LogP contribution in [0.25, 0.3) is 0 Å². The van der Waals surface area contributed by atoms with Crippen LogP contribution in [0, 0.1) is 21.8 Å². The standard InChI is InChI=1S/C11H13FN2O4/c12-9-1-2-10(14(17)18)8(6-9)5-7(3-4-13)11(15)16/h1-2,6-7H,3-5,13H2,(H,15,16). The van der Waals surface area contributed by atoms with Crippen LogP contribution < -0.4 is 5.73 Å². The van der Waals surface area contributed by atoms with Gasteiger partial charge in [-0.2, -0.15) is 0 Å². The number of nitrogens with two attached hydrogens (primary N) is 1. The highest BCUT2D eigenvalue weighted by atomic mass is 19.1. The third-order valence-electron chi connectivity index (χ3n) is 2.57. The summed E-state index contributed by atoms with van der Waals surface area (Å²) in [5, 5.41) is 19.7. The molecule has 3 N–H and O–H groups in total. The average Bonchev–Trinajstić information content (AvgIpc) is 2.28. The molecule has 0 radical (unpaired) electrons. The van der Waals surface area contributed by atoms with Crippen molar-refractivity contribution in [2.24, 2.45) is 11.7 Å². The van der Waals surface area contributed by atoms with E-state index in [-0.39, 0.29) is 30.6 Å². The Hall–Kier alpha value is -2.02. The Labute approximate surface area is 102 Å². The van der Waals surface area contributed by atoms with Crippen LogP contribution in [-0.2, 0) is 11.2 Å². The number of hydrogen-bond acceptors (Lipinski definition) is 4. The van der Waals surface area contributed by atoms with Crippen LogP contribution in [0.15, 0.2) is 18.2 Å². The first-order valence-corrected chi connectivity index (χ1v) is 5.31. The lowest BCUT2D eigenvalue weighted by Crippen LogP contribution is -2.20. The number of halogens is 1. The first-order chi connectivity index (χ1) is 8.45. The minimum Gasteiger partial charge on any atom is -0.481 e. The molecule has 0 bridgehead atoms. The summed E-state index contributed by atoms with van der Waals surface area (Å²) in [6, 6.07) is 3.00. The molecule has 0 fully saturated rings. The number of nitro groups is 1. The maximum atomic E-state index is 13.1. The number of rotatable bonds is 6. The normalized spacial score (nSPS) is 12.1. The molecule has 0 aliphatic rings. The Morgan fingerprint density at radius 1 is 1.56 bits per heavy atom. The highest BCUT2D eigenvalue weighted by Gasteiger charge is 2.22. The fraction of sp³-hybridized carbons (Fsp3) is 0.364. The molecule has 1 rings (SSSR count). The van der Waals surface area contributed by atoms with E-state index in [4.69, 9.17) is 10.8 Å². The van der Waals surface area contributed by atoms with E-state index in [0.717, 1.165) is 18.2 Å². The van der Waals surface area contributed by atoms with Crippen molar-refractivity contribution in [3.8, 4) is 0 Å². The van der Waals surface area contributed by atoms with Crippen LogP contribution in [-0.4, -0.2) is 22.5 Å². The number of benzene rings is 1. The molecule has 6 nitrogen and oxygen atoms in total. The maximum Gasteiger partial charge on any atom is 0.306 e. The molecule has 0 saturated carbocycles. The van der Waals surface area contributed by atoms with Crippen LogP contribution in [0.4, 0.5) is 10.1 Å². The van der Waals surface area contributed by atoms with E-state index in [2.05, 4.69) is 0 Å². The Balaban J connectivity index is 3.03. The highest BCUT2D eigenvalue weighted by molar-refractivity contribution is 5.70. The summed E-state index contributed by atoms with van der Waals surface area (Å²) >= 11 is 0. The number of nitro benzene ring substituents is 1. The van der Waals surface area contributed by atoms with Crippen molar-refractivity contribution in [1.82, 2.24) is 0 Å². The average molecular weight is 256 g/mol. The SMILES string of the molecule is NCCC(Cc1cc(F)ccc1[N+](=O)[O-])C(=O)O. The molecule has 98 valence electrons. The molecular weight excluding hydrogens is 243 g/mol. The number of hydrogen-bond donors (Lipinski definition) is 2. The van der Waals surface area contributed by atoms with Gasteiger partial charge in [-0.15, -0.1) is 0 Å². The molecule has 0 saturated heterocycles. The molecule has 0 heterocycles. The van der Waals surface area contributed by atoms with E-state index in [1.54, 1.807) is 0 Å². The molecule has 7 heteroatoms. The summed E-state index contributed by atoms with van der Waals surface area (Å²) in [5.74, 6) is -2.58. The zero-order chi connectivity index (χ0) is 13.7. The topological polar surface area (TPSA) is 106 Å². The Bertz CT molecular complexity index is 464. The van der Waals surface area contributed by atoms with Crippen molar-refractivity contribution < 1.29 is 19.2 Å². The lowest BCUT2D eigenvalue weighted by molar-refractivity contribution is -0.385. The monoisotopic (exact) mass is 256 g/mol. The molecule has 0 aliphatic carbocycles. The second-order valence-corrected chi connectivity index (χ2v) is 3.85. The smallest absolute Gasteiger partial charge is 0.306 e. The minimum atomic E-state index is -1.10. The van der Waals surface area contributed by atoms with Crippen molar-refractivity contribution in [2.75, 3.05) is 6.54 Å². The number of aliphatic carboxylic acids is 1. The fourth-order valence-corrected chi connectivity index (χ4v) is 1.68. The molecule has 18 heavy (non-hydrogen) atoms. The Kier molecular flexibility index (Phi) is 4.73. The second-order valence-electron chi connectivity index (χ2n) is 3.85. The van der Waals surface area contributed by atoms with Gasteiger partial charge in [0.2, 0.25) is 0 Å². The molecule has 0 amide bonds. The van der Waals surface area contributed by atoms with Gasteiger partial charge in [0, 0.05) is 11.6 Å². The van der Waals surface area contributed by atoms with Crippen molar-refractivity contribution in [3.63, 3.8) is 0 Å². The van der Waals surface area contributed by atoms with E-state index in [0.29, 0.717) is 0 Å². The summed E-state index contributed by atoms with van der Waals surface area (Å²) in [7, 11) is 0. The predicted molar refractivity (Wildman–Crippen MR) is 61.6 cm³/mol. The number of carboxylic acid groups (broad SMARTS) is 1. The number of nitrogens with zero attached hydrogens (tertiary/aromatic N) is 1. The van der Waals surface area contributed by atoms with E-state index >= 15 is 0 Å². The molecule has 1 atom stereocenters. The summed E-state index contributed by atoms with van der Waals surface area (Å²) < 4.78 is 13.1. The van der Waals surface area contributed by atoms with E-state index in [1.807, 2.05) is 0 Å². The van der Waals surface area contributed by atoms with Crippen LogP contribution in [0.2, 0.25) is 0 Å². The molecular formula is C11H13FN2O4. The molecule has 0 aromatic heterocycles. The lowest BCUT2D eigenvalue weighted by atomic mass is 9.95. The van der Waals surface area contributed by atoms with Gasteiger partial charge in [-0.05, 0) is 31.5 Å². The van der Waals surface area contributed by atoms with Crippen LogP contribution >= 0.6 is 0 Å². The zero-order valence-electron chi connectivity index (χ0n) is 9.51. The Morgan fingerprint density at radius 2 is 2.22 bits per heavy atom. The van der Waals surface area contributed by atoms with Gasteiger partial charge in [0.25, 0.3) is 5.69 Å². The van der Waals surface area contributed by atoms with Gasteiger partial charge < -0.3 is 10.8 Å². The van der Waals surface area contributed by atoms with Gasteiger partial charge in [-0.3, -0.25) is 14.9 Å².